The second-order valence-corrected chi connectivity index (χ2v) is 6.72. The van der Waals surface area contributed by atoms with Crippen molar-refractivity contribution >= 4 is 16.8 Å². The van der Waals surface area contributed by atoms with Gasteiger partial charge in [0.1, 0.15) is 12.1 Å². The first kappa shape index (κ1) is 18.8. The lowest BCUT2D eigenvalue weighted by atomic mass is 10.1. The van der Waals surface area contributed by atoms with E-state index in [9.17, 15) is 9.59 Å². The SMILES string of the molecule is CCN(CC)C(=O)Cn1nc(C(C)C)c2cnn(-c3ccccc3)c2c1=O. The van der Waals surface area contributed by atoms with Crippen molar-refractivity contribution in [1.29, 1.82) is 0 Å². The van der Waals surface area contributed by atoms with Crippen molar-refractivity contribution in [2.45, 2.75) is 40.2 Å². The fourth-order valence-corrected chi connectivity index (χ4v) is 3.20. The summed E-state index contributed by atoms with van der Waals surface area (Å²) in [7, 11) is 0. The summed E-state index contributed by atoms with van der Waals surface area (Å²) in [5.74, 6) is -0.0224. The Morgan fingerprint density at radius 3 is 2.41 bits per heavy atom. The fraction of sp³-hybridized carbons (Fsp3) is 0.400. The summed E-state index contributed by atoms with van der Waals surface area (Å²) in [5, 5.41) is 9.65. The predicted octanol–water partition coefficient (Wildman–Crippen LogP) is 2.57. The molecule has 0 saturated heterocycles. The number of likely N-dealkylation sites (N-methyl/N-ethyl adjacent to an activating group) is 1. The highest BCUT2D eigenvalue weighted by atomic mass is 16.2. The van der Waals surface area contributed by atoms with Crippen LogP contribution < -0.4 is 5.56 Å². The van der Waals surface area contributed by atoms with Gasteiger partial charge in [0.2, 0.25) is 5.91 Å². The molecular formula is C20H25N5O2. The maximum absolute atomic E-state index is 13.2. The van der Waals surface area contributed by atoms with Crippen LogP contribution in [-0.2, 0) is 11.3 Å². The van der Waals surface area contributed by atoms with E-state index in [-0.39, 0.29) is 23.9 Å². The van der Waals surface area contributed by atoms with E-state index in [2.05, 4.69) is 10.2 Å². The van der Waals surface area contributed by atoms with E-state index in [1.54, 1.807) is 15.8 Å². The quantitative estimate of drug-likeness (QED) is 0.671. The molecule has 0 saturated carbocycles. The standard InChI is InChI=1S/C20H25N5O2/c1-5-23(6-2)17(26)13-24-20(27)19-16(18(22-24)14(3)4)12-21-25(19)15-10-8-7-9-11-15/h7-12,14H,5-6,13H2,1-4H3. The molecule has 0 atom stereocenters. The lowest BCUT2D eigenvalue weighted by molar-refractivity contribution is -0.131. The minimum absolute atomic E-state index is 0.0733. The molecule has 3 rings (SSSR count). The van der Waals surface area contributed by atoms with Crippen LogP contribution in [0.25, 0.3) is 16.6 Å². The lowest BCUT2D eigenvalue weighted by Crippen LogP contribution is -2.37. The Kier molecular flexibility index (Phi) is 5.39. The predicted molar refractivity (Wildman–Crippen MR) is 105 cm³/mol. The zero-order valence-corrected chi connectivity index (χ0v) is 16.2. The van der Waals surface area contributed by atoms with E-state index >= 15 is 0 Å². The Morgan fingerprint density at radius 2 is 1.81 bits per heavy atom. The molecule has 142 valence electrons. The number of hydrogen-bond acceptors (Lipinski definition) is 4. The first-order chi connectivity index (χ1) is 13.0. The van der Waals surface area contributed by atoms with E-state index in [4.69, 9.17) is 0 Å². The van der Waals surface area contributed by atoms with Crippen molar-refractivity contribution in [3.8, 4) is 5.69 Å². The van der Waals surface area contributed by atoms with Crippen molar-refractivity contribution < 1.29 is 4.79 Å². The number of carbonyl (C=O) groups excluding carboxylic acids is 1. The van der Waals surface area contributed by atoms with Gasteiger partial charge in [-0.2, -0.15) is 10.2 Å². The van der Waals surface area contributed by atoms with E-state index in [0.717, 1.165) is 16.8 Å². The number of hydrogen-bond donors (Lipinski definition) is 0. The molecule has 0 fully saturated rings. The molecule has 27 heavy (non-hydrogen) atoms. The Morgan fingerprint density at radius 1 is 1.15 bits per heavy atom. The minimum Gasteiger partial charge on any atom is -0.342 e. The van der Waals surface area contributed by atoms with Gasteiger partial charge in [-0.25, -0.2) is 9.36 Å². The maximum Gasteiger partial charge on any atom is 0.293 e. The smallest absolute Gasteiger partial charge is 0.293 e. The lowest BCUT2D eigenvalue weighted by Gasteiger charge is -2.19. The molecule has 0 N–H and O–H groups in total. The third-order valence-corrected chi connectivity index (χ3v) is 4.66. The van der Waals surface area contributed by atoms with Crippen LogP contribution in [-0.4, -0.2) is 43.5 Å². The van der Waals surface area contributed by atoms with Crippen LogP contribution in [0.2, 0.25) is 0 Å². The van der Waals surface area contributed by atoms with Gasteiger partial charge in [-0.05, 0) is 31.9 Å². The first-order valence-electron chi connectivity index (χ1n) is 9.29. The molecule has 1 aromatic carbocycles. The van der Waals surface area contributed by atoms with Gasteiger partial charge >= 0.3 is 0 Å². The fourth-order valence-electron chi connectivity index (χ4n) is 3.20. The molecule has 7 nitrogen and oxygen atoms in total. The van der Waals surface area contributed by atoms with E-state index < -0.39 is 0 Å². The highest BCUT2D eigenvalue weighted by molar-refractivity contribution is 5.82. The molecule has 0 bridgehead atoms. The molecule has 0 unspecified atom stereocenters. The van der Waals surface area contributed by atoms with Gasteiger partial charge in [0.15, 0.2) is 0 Å². The van der Waals surface area contributed by atoms with Gasteiger partial charge < -0.3 is 4.90 Å². The number of para-hydroxylation sites is 1. The number of benzene rings is 1. The third-order valence-electron chi connectivity index (χ3n) is 4.66. The summed E-state index contributed by atoms with van der Waals surface area (Å²) < 4.78 is 2.91. The average Bonchev–Trinajstić information content (AvgIpc) is 3.11. The zero-order chi connectivity index (χ0) is 19.6. The van der Waals surface area contributed by atoms with Crippen LogP contribution in [0, 0.1) is 0 Å². The van der Waals surface area contributed by atoms with Crippen LogP contribution in [0.4, 0.5) is 0 Å². The van der Waals surface area contributed by atoms with Crippen LogP contribution in [0.3, 0.4) is 0 Å². The minimum atomic E-state index is -0.309. The van der Waals surface area contributed by atoms with Gasteiger partial charge in [0.05, 0.1) is 17.6 Å². The van der Waals surface area contributed by atoms with Crippen molar-refractivity contribution in [2.75, 3.05) is 13.1 Å². The normalized spacial score (nSPS) is 11.3. The number of amides is 1. The van der Waals surface area contributed by atoms with Crippen molar-refractivity contribution in [1.82, 2.24) is 24.5 Å². The molecule has 3 aromatic rings. The second kappa shape index (κ2) is 7.73. The molecule has 7 heteroatoms. The Balaban J connectivity index is 2.19. The molecule has 0 aliphatic rings. The van der Waals surface area contributed by atoms with Crippen LogP contribution in [0.1, 0.15) is 39.3 Å². The van der Waals surface area contributed by atoms with Crippen LogP contribution in [0.15, 0.2) is 41.3 Å². The molecule has 0 aliphatic carbocycles. The van der Waals surface area contributed by atoms with Gasteiger partial charge in [-0.15, -0.1) is 0 Å². The van der Waals surface area contributed by atoms with Crippen molar-refractivity contribution in [3.63, 3.8) is 0 Å². The highest BCUT2D eigenvalue weighted by Crippen LogP contribution is 2.22. The van der Waals surface area contributed by atoms with Crippen molar-refractivity contribution in [3.05, 3.63) is 52.6 Å². The summed E-state index contributed by atoms with van der Waals surface area (Å²) in [6, 6.07) is 9.50. The third kappa shape index (κ3) is 3.49. The van der Waals surface area contributed by atoms with Crippen molar-refractivity contribution in [2.24, 2.45) is 0 Å². The van der Waals surface area contributed by atoms with Gasteiger partial charge in [-0.3, -0.25) is 9.59 Å². The zero-order valence-electron chi connectivity index (χ0n) is 16.2. The second-order valence-electron chi connectivity index (χ2n) is 6.72. The number of aromatic nitrogens is 4. The Bertz CT molecular complexity index is 1000. The number of carbonyl (C=O) groups is 1. The van der Waals surface area contributed by atoms with Gasteiger partial charge in [0, 0.05) is 18.5 Å². The highest BCUT2D eigenvalue weighted by Gasteiger charge is 2.20. The summed E-state index contributed by atoms with van der Waals surface area (Å²) >= 11 is 0. The number of fused-ring (bicyclic) bond motifs is 1. The maximum atomic E-state index is 13.2. The molecular weight excluding hydrogens is 342 g/mol. The largest absolute Gasteiger partial charge is 0.342 e. The Hall–Kier alpha value is -2.96. The van der Waals surface area contributed by atoms with Gasteiger partial charge in [0.25, 0.3) is 5.56 Å². The molecule has 0 spiro atoms. The molecule has 2 heterocycles. The summed E-state index contributed by atoms with van der Waals surface area (Å²) in [5.41, 5.74) is 1.70. The first-order valence-corrected chi connectivity index (χ1v) is 9.29. The van der Waals surface area contributed by atoms with E-state index in [1.807, 2.05) is 58.0 Å². The summed E-state index contributed by atoms with van der Waals surface area (Å²) in [6.07, 6.45) is 1.68. The number of rotatable bonds is 6. The molecule has 2 aromatic heterocycles. The summed E-state index contributed by atoms with van der Waals surface area (Å²) in [4.78, 5) is 27.4. The van der Waals surface area contributed by atoms with E-state index in [1.165, 1.54) is 4.68 Å². The molecule has 1 amide bonds. The van der Waals surface area contributed by atoms with Crippen LogP contribution in [0.5, 0.6) is 0 Å². The topological polar surface area (TPSA) is 73.0 Å². The Labute approximate surface area is 158 Å². The molecule has 0 radical (unpaired) electrons. The van der Waals surface area contributed by atoms with E-state index in [0.29, 0.717) is 18.6 Å². The van der Waals surface area contributed by atoms with Crippen LogP contribution >= 0.6 is 0 Å². The molecule has 0 aliphatic heterocycles. The number of nitrogens with zero attached hydrogens (tertiary/aromatic N) is 5. The summed E-state index contributed by atoms with van der Waals surface area (Å²) in [6.45, 7) is 9.01. The van der Waals surface area contributed by atoms with Gasteiger partial charge in [-0.1, -0.05) is 32.0 Å². The average molecular weight is 367 g/mol. The monoisotopic (exact) mass is 367 g/mol.